The molecule has 0 bridgehead atoms. The molecule has 0 aliphatic carbocycles. The van der Waals surface area contributed by atoms with Crippen molar-refractivity contribution in [2.24, 2.45) is 5.92 Å². The third-order valence-corrected chi connectivity index (χ3v) is 3.12. The van der Waals surface area contributed by atoms with Gasteiger partial charge in [-0.2, -0.15) is 0 Å². The average molecular weight is 226 g/mol. The largest absolute Gasteiger partial charge is 0.393 e. The quantitative estimate of drug-likeness (QED) is 0.423. The lowest BCUT2D eigenvalue weighted by Gasteiger charge is -2.15. The molecule has 0 saturated heterocycles. The first-order chi connectivity index (χ1) is 7.72. The zero-order valence-electron chi connectivity index (χ0n) is 11.4. The molecule has 0 saturated carbocycles. The normalized spacial score (nSPS) is 15.5. The fourth-order valence-electron chi connectivity index (χ4n) is 1.82. The molecule has 0 aromatic rings. The summed E-state index contributed by atoms with van der Waals surface area (Å²) >= 11 is 0. The summed E-state index contributed by atoms with van der Waals surface area (Å²) in [6.07, 6.45) is 13.9. The van der Waals surface area contributed by atoms with Gasteiger partial charge in [-0.05, 0) is 25.2 Å². The summed E-state index contributed by atoms with van der Waals surface area (Å²) in [4.78, 5) is 0. The van der Waals surface area contributed by atoms with Crippen LogP contribution in [-0.4, -0.2) is 11.2 Å². The molecule has 1 nitrogen and oxygen atoms in total. The van der Waals surface area contributed by atoms with Gasteiger partial charge in [-0.15, -0.1) is 0 Å². The second-order valence-corrected chi connectivity index (χ2v) is 4.85. The van der Waals surface area contributed by atoms with Crippen LogP contribution >= 0.6 is 0 Å². The Hall–Kier alpha value is -0.300. The van der Waals surface area contributed by atoms with Crippen molar-refractivity contribution in [1.82, 2.24) is 0 Å². The highest BCUT2D eigenvalue weighted by Crippen LogP contribution is 2.13. The Morgan fingerprint density at radius 1 is 1.00 bits per heavy atom. The number of hydrogen-bond acceptors (Lipinski definition) is 1. The van der Waals surface area contributed by atoms with Gasteiger partial charge in [0.15, 0.2) is 0 Å². The predicted octanol–water partition coefficient (Wildman–Crippen LogP) is 4.70. The Morgan fingerprint density at radius 2 is 1.62 bits per heavy atom. The highest BCUT2D eigenvalue weighted by molar-refractivity contribution is 4.89. The van der Waals surface area contributed by atoms with Gasteiger partial charge in [-0.1, -0.05) is 65.0 Å². The van der Waals surface area contributed by atoms with Gasteiger partial charge in [0.2, 0.25) is 0 Å². The van der Waals surface area contributed by atoms with E-state index >= 15 is 0 Å². The molecular weight excluding hydrogens is 196 g/mol. The van der Waals surface area contributed by atoms with Crippen LogP contribution in [0.25, 0.3) is 0 Å². The molecule has 0 radical (unpaired) electrons. The molecule has 0 aromatic carbocycles. The van der Waals surface area contributed by atoms with Crippen molar-refractivity contribution in [3.8, 4) is 0 Å². The lowest BCUT2D eigenvalue weighted by atomic mass is 9.98. The number of unbranched alkanes of at least 4 members (excludes halogenated alkanes) is 5. The first kappa shape index (κ1) is 15.7. The molecule has 2 atom stereocenters. The number of hydrogen-bond donors (Lipinski definition) is 1. The van der Waals surface area contributed by atoms with Gasteiger partial charge < -0.3 is 5.11 Å². The standard InChI is InChI=1S/C15H30O/c1-4-6-8-9-11-12-14(3)15(16)13-10-7-5-2/h11-12,14-16H,4-10,13H2,1-3H3/b12-11+/t14-,15+/m0/s1. The van der Waals surface area contributed by atoms with Gasteiger partial charge >= 0.3 is 0 Å². The average Bonchev–Trinajstić information content (AvgIpc) is 2.28. The maximum absolute atomic E-state index is 9.90. The van der Waals surface area contributed by atoms with Crippen LogP contribution in [0.5, 0.6) is 0 Å². The minimum absolute atomic E-state index is 0.144. The summed E-state index contributed by atoms with van der Waals surface area (Å²) in [6, 6.07) is 0. The monoisotopic (exact) mass is 226 g/mol. The summed E-state index contributed by atoms with van der Waals surface area (Å²) in [5.41, 5.74) is 0. The molecule has 0 unspecified atom stereocenters. The van der Waals surface area contributed by atoms with Crippen molar-refractivity contribution < 1.29 is 5.11 Å². The lowest BCUT2D eigenvalue weighted by Crippen LogP contribution is -2.15. The van der Waals surface area contributed by atoms with E-state index in [4.69, 9.17) is 0 Å². The van der Waals surface area contributed by atoms with Gasteiger partial charge in [0.25, 0.3) is 0 Å². The van der Waals surface area contributed by atoms with Crippen LogP contribution < -0.4 is 0 Å². The molecule has 0 amide bonds. The summed E-state index contributed by atoms with van der Waals surface area (Å²) in [7, 11) is 0. The van der Waals surface area contributed by atoms with E-state index in [0.717, 1.165) is 12.8 Å². The molecule has 0 aliphatic rings. The van der Waals surface area contributed by atoms with Crippen LogP contribution in [0.1, 0.15) is 72.1 Å². The van der Waals surface area contributed by atoms with Gasteiger partial charge in [0.05, 0.1) is 6.10 Å². The highest BCUT2D eigenvalue weighted by atomic mass is 16.3. The van der Waals surface area contributed by atoms with Crippen LogP contribution in [0, 0.1) is 5.92 Å². The van der Waals surface area contributed by atoms with Crippen molar-refractivity contribution in [1.29, 1.82) is 0 Å². The van der Waals surface area contributed by atoms with Crippen molar-refractivity contribution >= 4 is 0 Å². The van der Waals surface area contributed by atoms with E-state index < -0.39 is 0 Å². The number of aliphatic hydroxyl groups is 1. The van der Waals surface area contributed by atoms with E-state index in [2.05, 4.69) is 32.9 Å². The van der Waals surface area contributed by atoms with Gasteiger partial charge in [0.1, 0.15) is 0 Å². The molecule has 0 aliphatic heterocycles. The van der Waals surface area contributed by atoms with Gasteiger partial charge in [-0.3, -0.25) is 0 Å². The zero-order valence-corrected chi connectivity index (χ0v) is 11.4. The topological polar surface area (TPSA) is 20.2 Å². The molecule has 1 heteroatoms. The van der Waals surface area contributed by atoms with Crippen molar-refractivity contribution in [3.05, 3.63) is 12.2 Å². The summed E-state index contributed by atoms with van der Waals surface area (Å²) in [5.74, 6) is 0.318. The second kappa shape index (κ2) is 11.2. The van der Waals surface area contributed by atoms with Crippen molar-refractivity contribution in [3.63, 3.8) is 0 Å². The second-order valence-electron chi connectivity index (χ2n) is 4.85. The summed E-state index contributed by atoms with van der Waals surface area (Å²) < 4.78 is 0. The molecule has 0 rings (SSSR count). The van der Waals surface area contributed by atoms with E-state index in [-0.39, 0.29) is 6.10 Å². The van der Waals surface area contributed by atoms with Gasteiger partial charge in [-0.25, -0.2) is 0 Å². The van der Waals surface area contributed by atoms with E-state index in [1.807, 2.05) is 0 Å². The molecule has 0 heterocycles. The molecule has 0 aromatic heterocycles. The minimum atomic E-state index is -0.144. The van der Waals surface area contributed by atoms with Crippen LogP contribution in [0.2, 0.25) is 0 Å². The van der Waals surface area contributed by atoms with Crippen LogP contribution in [0.4, 0.5) is 0 Å². The lowest BCUT2D eigenvalue weighted by molar-refractivity contribution is 0.125. The summed E-state index contributed by atoms with van der Waals surface area (Å²) in [5, 5.41) is 9.90. The third kappa shape index (κ3) is 8.96. The van der Waals surface area contributed by atoms with Crippen LogP contribution in [-0.2, 0) is 0 Å². The van der Waals surface area contributed by atoms with Crippen LogP contribution in [0.3, 0.4) is 0 Å². The molecular formula is C15H30O. The van der Waals surface area contributed by atoms with E-state index in [9.17, 15) is 5.11 Å². The minimum Gasteiger partial charge on any atom is -0.393 e. The van der Waals surface area contributed by atoms with E-state index in [1.54, 1.807) is 0 Å². The predicted molar refractivity (Wildman–Crippen MR) is 72.6 cm³/mol. The number of rotatable bonds is 10. The van der Waals surface area contributed by atoms with Crippen LogP contribution in [0.15, 0.2) is 12.2 Å². The Labute approximate surface area is 102 Å². The zero-order chi connectivity index (χ0) is 12.2. The highest BCUT2D eigenvalue weighted by Gasteiger charge is 2.09. The number of allylic oxidation sites excluding steroid dienone is 1. The van der Waals surface area contributed by atoms with Gasteiger partial charge in [0, 0.05) is 0 Å². The third-order valence-electron chi connectivity index (χ3n) is 3.12. The fourth-order valence-corrected chi connectivity index (χ4v) is 1.82. The number of aliphatic hydroxyl groups excluding tert-OH is 1. The first-order valence-electron chi connectivity index (χ1n) is 7.07. The Morgan fingerprint density at radius 3 is 2.25 bits per heavy atom. The molecule has 0 fully saturated rings. The summed E-state index contributed by atoms with van der Waals surface area (Å²) in [6.45, 7) is 6.54. The maximum Gasteiger partial charge on any atom is 0.0600 e. The van der Waals surface area contributed by atoms with E-state index in [0.29, 0.717) is 5.92 Å². The Balaban J connectivity index is 3.56. The smallest absolute Gasteiger partial charge is 0.0600 e. The van der Waals surface area contributed by atoms with Crippen molar-refractivity contribution in [2.45, 2.75) is 78.2 Å². The maximum atomic E-state index is 9.90. The molecule has 0 spiro atoms. The van der Waals surface area contributed by atoms with Crippen molar-refractivity contribution in [2.75, 3.05) is 0 Å². The SMILES string of the molecule is CCCCC/C=C/[C@H](C)[C@H](O)CCCCC. The Bertz CT molecular complexity index is 163. The fraction of sp³-hybridized carbons (Fsp3) is 0.867. The molecule has 1 N–H and O–H groups in total. The molecule has 16 heavy (non-hydrogen) atoms. The van der Waals surface area contributed by atoms with E-state index in [1.165, 1.54) is 38.5 Å². The Kier molecular flexibility index (Phi) is 11.0. The first-order valence-corrected chi connectivity index (χ1v) is 7.07. The molecule has 96 valence electrons.